The van der Waals surface area contributed by atoms with Gasteiger partial charge in [-0.3, -0.25) is 9.59 Å². The summed E-state index contributed by atoms with van der Waals surface area (Å²) >= 11 is 0. The normalized spacial score (nSPS) is 18.9. The highest BCUT2D eigenvalue weighted by Gasteiger charge is 2.27. The first-order valence-corrected chi connectivity index (χ1v) is 12.6. The number of aliphatic hydroxyl groups is 1. The minimum Gasteiger partial charge on any atom is -0.390 e. The zero-order chi connectivity index (χ0) is 23.6. The number of hydrogen-bond donors (Lipinski definition) is 1. The molecule has 0 spiro atoms. The number of carbonyl (C=O) groups excluding carboxylic acids is 2. The molecule has 0 radical (unpaired) electrons. The van der Waals surface area contributed by atoms with Gasteiger partial charge in [-0.1, -0.05) is 79.1 Å². The van der Waals surface area contributed by atoms with Gasteiger partial charge in [0.25, 0.3) is 0 Å². The molecule has 178 valence electrons. The van der Waals surface area contributed by atoms with E-state index in [-0.39, 0.29) is 11.6 Å². The van der Waals surface area contributed by atoms with E-state index in [2.05, 4.69) is 27.7 Å². The summed E-state index contributed by atoms with van der Waals surface area (Å²) in [5.41, 5.74) is 0.837. The Morgan fingerprint density at radius 3 is 1.90 bits per heavy atom. The molecule has 3 heteroatoms. The highest BCUT2D eigenvalue weighted by Crippen LogP contribution is 2.29. The fraction of sp³-hybridized carbons (Fsp3) is 0.786. The highest BCUT2D eigenvalue weighted by molar-refractivity contribution is 6.22. The number of allylic oxidation sites excluding steroid dienone is 4. The largest absolute Gasteiger partial charge is 0.390 e. The predicted molar refractivity (Wildman–Crippen MR) is 131 cm³/mol. The van der Waals surface area contributed by atoms with Gasteiger partial charge >= 0.3 is 0 Å². The van der Waals surface area contributed by atoms with Crippen LogP contribution in [0.5, 0.6) is 0 Å². The van der Waals surface area contributed by atoms with Crippen LogP contribution in [0, 0.1) is 17.8 Å². The van der Waals surface area contributed by atoms with Crippen molar-refractivity contribution in [2.24, 2.45) is 17.8 Å². The fourth-order valence-corrected chi connectivity index (χ4v) is 4.56. The van der Waals surface area contributed by atoms with Crippen LogP contribution in [0.1, 0.15) is 119 Å². The van der Waals surface area contributed by atoms with E-state index in [1.807, 2.05) is 6.92 Å². The summed E-state index contributed by atoms with van der Waals surface area (Å²) in [5, 5.41) is 10.8. The Morgan fingerprint density at radius 1 is 0.839 bits per heavy atom. The summed E-state index contributed by atoms with van der Waals surface area (Å²) in [6.07, 6.45) is 13.3. The molecular formula is C28H48O3. The first-order chi connectivity index (χ1) is 14.4. The molecule has 0 amide bonds. The first-order valence-electron chi connectivity index (χ1n) is 12.6. The van der Waals surface area contributed by atoms with Gasteiger partial charge in [0, 0.05) is 16.7 Å². The summed E-state index contributed by atoms with van der Waals surface area (Å²) in [5.74, 6) is 2.22. The van der Waals surface area contributed by atoms with Crippen LogP contribution < -0.4 is 0 Å². The average molecular weight is 433 g/mol. The monoisotopic (exact) mass is 432 g/mol. The predicted octanol–water partition coefficient (Wildman–Crippen LogP) is 7.37. The van der Waals surface area contributed by atoms with E-state index < -0.39 is 5.60 Å². The van der Waals surface area contributed by atoms with Gasteiger partial charge in [-0.25, -0.2) is 0 Å². The lowest BCUT2D eigenvalue weighted by Gasteiger charge is -2.25. The van der Waals surface area contributed by atoms with Crippen molar-refractivity contribution in [1.29, 1.82) is 0 Å². The Balaban J connectivity index is 2.27. The van der Waals surface area contributed by atoms with Gasteiger partial charge in [-0.15, -0.1) is 0 Å². The first kappa shape index (κ1) is 27.8. The summed E-state index contributed by atoms with van der Waals surface area (Å²) in [4.78, 5) is 24.4. The Kier molecular flexibility index (Phi) is 12.0. The van der Waals surface area contributed by atoms with Crippen molar-refractivity contribution in [3.63, 3.8) is 0 Å². The molecule has 31 heavy (non-hydrogen) atoms. The maximum absolute atomic E-state index is 12.4. The van der Waals surface area contributed by atoms with Crippen molar-refractivity contribution in [2.45, 2.75) is 125 Å². The van der Waals surface area contributed by atoms with E-state index in [0.717, 1.165) is 31.1 Å². The number of rotatable bonds is 15. The lowest BCUT2D eigenvalue weighted by atomic mass is 9.84. The van der Waals surface area contributed by atoms with Crippen LogP contribution in [0.3, 0.4) is 0 Å². The van der Waals surface area contributed by atoms with E-state index in [1.54, 1.807) is 13.8 Å². The molecule has 3 atom stereocenters. The van der Waals surface area contributed by atoms with E-state index in [4.69, 9.17) is 0 Å². The third-order valence-corrected chi connectivity index (χ3v) is 7.00. The van der Waals surface area contributed by atoms with Gasteiger partial charge in [0.05, 0.1) is 5.60 Å². The molecule has 0 saturated carbocycles. The molecule has 0 aliphatic heterocycles. The third kappa shape index (κ3) is 10.8. The standard InChI is InChI=1S/C28H48O3/c1-20(2)11-8-12-21(3)13-9-14-22(4)15-10-17-28(7,31)18-16-25-24(6)26(29)19-23(5)27(25)30/h19-22,31H,8-18H2,1-7H3. The molecule has 0 saturated heterocycles. The van der Waals surface area contributed by atoms with Crippen molar-refractivity contribution in [2.75, 3.05) is 0 Å². The minimum atomic E-state index is -0.795. The van der Waals surface area contributed by atoms with Crippen LogP contribution in [-0.2, 0) is 9.59 Å². The molecule has 1 rings (SSSR count). The van der Waals surface area contributed by atoms with Crippen molar-refractivity contribution >= 4 is 11.6 Å². The maximum atomic E-state index is 12.4. The molecule has 3 unspecified atom stereocenters. The molecule has 3 nitrogen and oxygen atoms in total. The molecule has 0 bridgehead atoms. The Bertz CT molecular complexity index is 651. The number of hydrogen-bond acceptors (Lipinski definition) is 3. The summed E-state index contributed by atoms with van der Waals surface area (Å²) < 4.78 is 0. The third-order valence-electron chi connectivity index (χ3n) is 7.00. The second-order valence-electron chi connectivity index (χ2n) is 11.0. The number of ketones is 2. The molecule has 1 aliphatic rings. The van der Waals surface area contributed by atoms with Gasteiger partial charge < -0.3 is 5.11 Å². The smallest absolute Gasteiger partial charge is 0.185 e. The van der Waals surface area contributed by atoms with Crippen molar-refractivity contribution < 1.29 is 14.7 Å². The second-order valence-corrected chi connectivity index (χ2v) is 11.0. The molecule has 1 aliphatic carbocycles. The zero-order valence-corrected chi connectivity index (χ0v) is 21.4. The van der Waals surface area contributed by atoms with Gasteiger partial charge in [0.2, 0.25) is 0 Å². The van der Waals surface area contributed by atoms with Crippen LogP contribution in [0.25, 0.3) is 0 Å². The number of carbonyl (C=O) groups is 2. The summed E-state index contributed by atoms with van der Waals surface area (Å²) in [6.45, 7) is 14.6. The van der Waals surface area contributed by atoms with Gasteiger partial charge in [0.15, 0.2) is 11.6 Å². The maximum Gasteiger partial charge on any atom is 0.185 e. The lowest BCUT2D eigenvalue weighted by molar-refractivity contribution is -0.116. The van der Waals surface area contributed by atoms with Crippen molar-refractivity contribution in [1.82, 2.24) is 0 Å². The Labute approximate surface area is 191 Å². The lowest BCUT2D eigenvalue weighted by Crippen LogP contribution is -2.26. The van der Waals surface area contributed by atoms with E-state index >= 15 is 0 Å². The Morgan fingerprint density at radius 2 is 1.35 bits per heavy atom. The molecule has 1 N–H and O–H groups in total. The van der Waals surface area contributed by atoms with E-state index in [0.29, 0.717) is 35.5 Å². The molecule has 0 fully saturated rings. The Hall–Kier alpha value is -1.22. The number of Topliss-reactive ketones (excluding diaryl/α,β-unsaturated/α-hetero) is 1. The van der Waals surface area contributed by atoms with Gasteiger partial charge in [-0.2, -0.15) is 0 Å². The van der Waals surface area contributed by atoms with Crippen LogP contribution >= 0.6 is 0 Å². The quantitative estimate of drug-likeness (QED) is 0.275. The zero-order valence-electron chi connectivity index (χ0n) is 21.4. The molecule has 0 heterocycles. The molecular weight excluding hydrogens is 384 g/mol. The van der Waals surface area contributed by atoms with E-state index in [9.17, 15) is 14.7 Å². The fourth-order valence-electron chi connectivity index (χ4n) is 4.56. The van der Waals surface area contributed by atoms with Crippen molar-refractivity contribution in [3.05, 3.63) is 22.8 Å². The van der Waals surface area contributed by atoms with Crippen LogP contribution in [0.2, 0.25) is 0 Å². The van der Waals surface area contributed by atoms with Gasteiger partial charge in [-0.05, 0) is 63.9 Å². The van der Waals surface area contributed by atoms with Crippen LogP contribution in [0.15, 0.2) is 22.8 Å². The van der Waals surface area contributed by atoms with Crippen molar-refractivity contribution in [3.8, 4) is 0 Å². The summed E-state index contributed by atoms with van der Waals surface area (Å²) in [6, 6.07) is 0. The van der Waals surface area contributed by atoms with Crippen LogP contribution in [-0.4, -0.2) is 22.3 Å². The molecule has 0 aromatic heterocycles. The average Bonchev–Trinajstić information content (AvgIpc) is 2.66. The van der Waals surface area contributed by atoms with Crippen LogP contribution in [0.4, 0.5) is 0 Å². The van der Waals surface area contributed by atoms with E-state index in [1.165, 1.54) is 44.6 Å². The van der Waals surface area contributed by atoms with Gasteiger partial charge in [0.1, 0.15) is 0 Å². The SMILES string of the molecule is CC1=CC(=O)C(C)=C(CCC(C)(O)CCCC(C)CCCC(C)CCCC(C)C)C1=O. The second kappa shape index (κ2) is 13.4. The molecule has 0 aromatic rings. The minimum absolute atomic E-state index is 0.0417. The topological polar surface area (TPSA) is 54.4 Å². The highest BCUT2D eigenvalue weighted by atomic mass is 16.3. The molecule has 0 aromatic carbocycles. The summed E-state index contributed by atoms with van der Waals surface area (Å²) in [7, 11) is 0.